The lowest BCUT2D eigenvalue weighted by atomic mass is 10.1. The van der Waals surface area contributed by atoms with Crippen molar-refractivity contribution < 1.29 is 32.3 Å². The quantitative estimate of drug-likeness (QED) is 0.334. The zero-order valence-corrected chi connectivity index (χ0v) is 19.0. The van der Waals surface area contributed by atoms with E-state index in [4.69, 9.17) is 9.63 Å². The molecule has 0 atom stereocenters. The van der Waals surface area contributed by atoms with Crippen molar-refractivity contribution in [3.63, 3.8) is 0 Å². The van der Waals surface area contributed by atoms with Gasteiger partial charge < -0.3 is 19.7 Å². The highest BCUT2D eigenvalue weighted by Crippen LogP contribution is 2.26. The zero-order valence-electron chi connectivity index (χ0n) is 19.0. The monoisotopic (exact) mass is 502 g/mol. The number of aliphatic hydroxyl groups is 1. The standard InChI is InChI=1S/C23H21F3N6O4/c1-14-28-20(22-29-19(31-36-22)16-7-9-18(10-8-16)35-23(24,25)26)30-32(14)13-15-3-5-17(6-4-15)21(34)27-11-2-12-33/h3-10,33H,2,11-13H2,1H3,(H,27,34). The van der Waals surface area contributed by atoms with Crippen molar-refractivity contribution in [3.8, 4) is 28.9 Å². The summed E-state index contributed by atoms with van der Waals surface area (Å²) in [6.07, 6.45) is -4.29. The largest absolute Gasteiger partial charge is 0.573 e. The third kappa shape index (κ3) is 6.24. The molecule has 0 unspecified atom stereocenters. The summed E-state index contributed by atoms with van der Waals surface area (Å²) in [6, 6.07) is 12.1. The number of benzene rings is 2. The number of nitrogens with one attached hydrogen (secondary N) is 1. The Bertz CT molecular complexity index is 1320. The van der Waals surface area contributed by atoms with E-state index < -0.39 is 6.36 Å². The van der Waals surface area contributed by atoms with Crippen LogP contribution in [0.2, 0.25) is 0 Å². The third-order valence-electron chi connectivity index (χ3n) is 4.99. The van der Waals surface area contributed by atoms with E-state index in [2.05, 4.69) is 30.3 Å². The van der Waals surface area contributed by atoms with Crippen molar-refractivity contribution in [3.05, 3.63) is 65.5 Å². The Hall–Kier alpha value is -4.26. The fourth-order valence-corrected chi connectivity index (χ4v) is 3.22. The van der Waals surface area contributed by atoms with E-state index >= 15 is 0 Å². The van der Waals surface area contributed by atoms with Crippen molar-refractivity contribution in [2.24, 2.45) is 0 Å². The van der Waals surface area contributed by atoms with E-state index in [1.54, 1.807) is 35.9 Å². The minimum Gasteiger partial charge on any atom is -0.406 e. The molecule has 0 spiro atoms. The van der Waals surface area contributed by atoms with E-state index in [1.165, 1.54) is 12.1 Å². The van der Waals surface area contributed by atoms with Gasteiger partial charge in [0, 0.05) is 24.3 Å². The number of amides is 1. The van der Waals surface area contributed by atoms with Crippen molar-refractivity contribution in [2.75, 3.05) is 13.2 Å². The maximum absolute atomic E-state index is 12.3. The molecule has 4 aromatic rings. The maximum atomic E-state index is 12.3. The van der Waals surface area contributed by atoms with Gasteiger partial charge in [0.25, 0.3) is 11.8 Å². The minimum absolute atomic E-state index is 0.0112. The highest BCUT2D eigenvalue weighted by molar-refractivity contribution is 5.94. The van der Waals surface area contributed by atoms with Gasteiger partial charge in [0.15, 0.2) is 0 Å². The van der Waals surface area contributed by atoms with Gasteiger partial charge >= 0.3 is 6.36 Å². The molecule has 4 rings (SSSR count). The van der Waals surface area contributed by atoms with Gasteiger partial charge in [-0.2, -0.15) is 4.98 Å². The highest BCUT2D eigenvalue weighted by atomic mass is 19.4. The molecular formula is C23H21F3N6O4. The van der Waals surface area contributed by atoms with E-state index in [1.807, 2.05) is 0 Å². The number of rotatable bonds is 9. The average molecular weight is 502 g/mol. The third-order valence-corrected chi connectivity index (χ3v) is 4.99. The SMILES string of the molecule is Cc1nc(-c2nc(-c3ccc(OC(F)(F)F)cc3)no2)nn1Cc1ccc(C(=O)NCCCO)cc1. The second-order valence-corrected chi connectivity index (χ2v) is 7.67. The van der Waals surface area contributed by atoms with E-state index in [9.17, 15) is 18.0 Å². The molecule has 2 heterocycles. The van der Waals surface area contributed by atoms with Crippen LogP contribution in [0.1, 0.15) is 28.2 Å². The number of aromatic nitrogens is 5. The molecule has 13 heteroatoms. The van der Waals surface area contributed by atoms with Crippen LogP contribution in [-0.4, -0.2) is 55.4 Å². The van der Waals surface area contributed by atoms with Crippen LogP contribution in [-0.2, 0) is 6.54 Å². The van der Waals surface area contributed by atoms with E-state index in [0.29, 0.717) is 36.5 Å². The summed E-state index contributed by atoms with van der Waals surface area (Å²) in [6.45, 7) is 2.55. The molecule has 36 heavy (non-hydrogen) atoms. The van der Waals surface area contributed by atoms with Crippen molar-refractivity contribution in [2.45, 2.75) is 26.3 Å². The molecular weight excluding hydrogens is 481 g/mol. The first kappa shape index (κ1) is 24.9. The number of alkyl halides is 3. The highest BCUT2D eigenvalue weighted by Gasteiger charge is 2.31. The zero-order chi connectivity index (χ0) is 25.7. The summed E-state index contributed by atoms with van der Waals surface area (Å²) >= 11 is 0. The number of ether oxygens (including phenoxy) is 1. The van der Waals surface area contributed by atoms with E-state index in [-0.39, 0.29) is 35.8 Å². The van der Waals surface area contributed by atoms with Gasteiger partial charge in [-0.05, 0) is 55.3 Å². The Morgan fingerprint density at radius 1 is 1.08 bits per heavy atom. The number of aryl methyl sites for hydroxylation is 1. The number of carbonyl (C=O) groups is 1. The normalized spacial score (nSPS) is 11.5. The van der Waals surface area contributed by atoms with Crippen LogP contribution in [0.3, 0.4) is 0 Å². The predicted molar refractivity (Wildman–Crippen MR) is 120 cm³/mol. The first-order chi connectivity index (χ1) is 17.2. The summed E-state index contributed by atoms with van der Waals surface area (Å²) in [4.78, 5) is 20.7. The lowest BCUT2D eigenvalue weighted by molar-refractivity contribution is -0.274. The number of hydrogen-bond donors (Lipinski definition) is 2. The average Bonchev–Trinajstić information content (AvgIpc) is 3.46. The molecule has 188 valence electrons. The number of aliphatic hydroxyl groups excluding tert-OH is 1. The molecule has 0 aliphatic heterocycles. The molecule has 0 bridgehead atoms. The van der Waals surface area contributed by atoms with Gasteiger partial charge in [-0.1, -0.05) is 17.3 Å². The molecule has 0 fully saturated rings. The van der Waals surface area contributed by atoms with Crippen LogP contribution in [0.4, 0.5) is 13.2 Å². The molecule has 2 N–H and O–H groups in total. The van der Waals surface area contributed by atoms with Crippen LogP contribution >= 0.6 is 0 Å². The van der Waals surface area contributed by atoms with Crippen LogP contribution in [0.25, 0.3) is 23.1 Å². The Morgan fingerprint density at radius 3 is 2.47 bits per heavy atom. The number of hydrogen-bond acceptors (Lipinski definition) is 8. The van der Waals surface area contributed by atoms with Crippen LogP contribution in [0, 0.1) is 6.92 Å². The van der Waals surface area contributed by atoms with E-state index in [0.717, 1.165) is 17.7 Å². The molecule has 0 aliphatic carbocycles. The first-order valence-corrected chi connectivity index (χ1v) is 10.8. The lowest BCUT2D eigenvalue weighted by Crippen LogP contribution is -2.24. The van der Waals surface area contributed by atoms with Crippen molar-refractivity contribution in [1.29, 1.82) is 0 Å². The Balaban J connectivity index is 1.43. The molecule has 0 saturated heterocycles. The molecule has 2 aromatic carbocycles. The number of carbonyl (C=O) groups excluding carboxylic acids is 1. The van der Waals surface area contributed by atoms with Gasteiger partial charge in [0.05, 0.1) is 6.54 Å². The second kappa shape index (κ2) is 10.6. The molecule has 2 aromatic heterocycles. The number of halogens is 3. The van der Waals surface area contributed by atoms with Crippen LogP contribution in [0.5, 0.6) is 5.75 Å². The minimum atomic E-state index is -4.78. The smallest absolute Gasteiger partial charge is 0.406 e. The van der Waals surface area contributed by atoms with Crippen LogP contribution < -0.4 is 10.1 Å². The first-order valence-electron chi connectivity index (χ1n) is 10.8. The molecule has 0 aliphatic rings. The molecule has 10 nitrogen and oxygen atoms in total. The van der Waals surface area contributed by atoms with Gasteiger partial charge in [-0.25, -0.2) is 9.67 Å². The van der Waals surface area contributed by atoms with Gasteiger partial charge in [-0.3, -0.25) is 4.79 Å². The Kier molecular flexibility index (Phi) is 7.29. The lowest BCUT2D eigenvalue weighted by Gasteiger charge is -2.08. The van der Waals surface area contributed by atoms with Gasteiger partial charge in [0.2, 0.25) is 11.6 Å². The topological polar surface area (TPSA) is 128 Å². The summed E-state index contributed by atoms with van der Waals surface area (Å²) in [7, 11) is 0. The summed E-state index contributed by atoms with van der Waals surface area (Å²) in [5.41, 5.74) is 1.81. The fraction of sp³-hybridized carbons (Fsp3) is 0.261. The van der Waals surface area contributed by atoms with Gasteiger partial charge in [0.1, 0.15) is 11.6 Å². The Labute approximate surface area is 202 Å². The molecule has 0 saturated carbocycles. The number of nitrogens with zero attached hydrogens (tertiary/aromatic N) is 5. The summed E-state index contributed by atoms with van der Waals surface area (Å²) in [5.74, 6) is 0.417. The van der Waals surface area contributed by atoms with Crippen LogP contribution in [0.15, 0.2) is 53.1 Å². The predicted octanol–water partition coefficient (Wildman–Crippen LogP) is 3.36. The van der Waals surface area contributed by atoms with Crippen molar-refractivity contribution in [1.82, 2.24) is 30.2 Å². The summed E-state index contributed by atoms with van der Waals surface area (Å²) < 4.78 is 47.7. The maximum Gasteiger partial charge on any atom is 0.573 e. The van der Waals surface area contributed by atoms with Gasteiger partial charge in [-0.15, -0.1) is 18.3 Å². The summed E-state index contributed by atoms with van der Waals surface area (Å²) in [5, 5.41) is 19.8. The molecule has 0 radical (unpaired) electrons. The second-order valence-electron chi connectivity index (χ2n) is 7.67. The van der Waals surface area contributed by atoms with Crippen molar-refractivity contribution >= 4 is 5.91 Å². The molecule has 1 amide bonds. The Morgan fingerprint density at radius 2 is 1.81 bits per heavy atom. The fourth-order valence-electron chi connectivity index (χ4n) is 3.22.